The number of hydrogen-bond donors (Lipinski definition) is 1. The first-order valence-corrected chi connectivity index (χ1v) is 7.33. The maximum absolute atomic E-state index is 13.8. The number of aryl methyl sites for hydroxylation is 4. The SMILES string of the molecule is Cc1cc(C)c(CC(C)(N)c2ccc(C)c(F)c2)c(C)c1. The highest BCUT2D eigenvalue weighted by molar-refractivity contribution is 5.40. The second-order valence-corrected chi connectivity index (χ2v) is 6.44. The summed E-state index contributed by atoms with van der Waals surface area (Å²) in [7, 11) is 0. The molecule has 2 aromatic carbocycles. The van der Waals surface area contributed by atoms with Gasteiger partial charge >= 0.3 is 0 Å². The molecular formula is C19H24FN. The third-order valence-electron chi connectivity index (χ3n) is 4.22. The Bertz CT molecular complexity index is 648. The summed E-state index contributed by atoms with van der Waals surface area (Å²) in [6.45, 7) is 10.1. The average Bonchev–Trinajstić information content (AvgIpc) is 2.37. The van der Waals surface area contributed by atoms with Crippen LogP contribution in [0, 0.1) is 33.5 Å². The van der Waals surface area contributed by atoms with Crippen LogP contribution in [-0.2, 0) is 12.0 Å². The Hall–Kier alpha value is -1.67. The Kier molecular flexibility index (Phi) is 4.20. The van der Waals surface area contributed by atoms with E-state index in [1.807, 2.05) is 13.0 Å². The number of benzene rings is 2. The molecule has 2 aromatic rings. The fraction of sp³-hybridized carbons (Fsp3) is 0.368. The molecule has 0 heterocycles. The third kappa shape index (κ3) is 3.33. The van der Waals surface area contributed by atoms with E-state index in [0.29, 0.717) is 12.0 Å². The van der Waals surface area contributed by atoms with Crippen molar-refractivity contribution in [2.24, 2.45) is 5.73 Å². The zero-order valence-electron chi connectivity index (χ0n) is 13.5. The van der Waals surface area contributed by atoms with E-state index in [2.05, 4.69) is 32.9 Å². The van der Waals surface area contributed by atoms with Crippen LogP contribution in [0.5, 0.6) is 0 Å². The van der Waals surface area contributed by atoms with Crippen LogP contribution in [0.1, 0.15) is 40.3 Å². The quantitative estimate of drug-likeness (QED) is 0.884. The molecule has 0 saturated heterocycles. The molecule has 2 rings (SSSR count). The first-order valence-electron chi connectivity index (χ1n) is 7.33. The van der Waals surface area contributed by atoms with Gasteiger partial charge in [0.25, 0.3) is 0 Å². The number of hydrogen-bond acceptors (Lipinski definition) is 1. The highest BCUT2D eigenvalue weighted by Gasteiger charge is 2.24. The van der Waals surface area contributed by atoms with Gasteiger partial charge in [-0.1, -0.05) is 29.8 Å². The lowest BCUT2D eigenvalue weighted by atomic mass is 9.83. The fourth-order valence-corrected chi connectivity index (χ4v) is 2.91. The summed E-state index contributed by atoms with van der Waals surface area (Å²) in [5, 5.41) is 0. The van der Waals surface area contributed by atoms with E-state index in [9.17, 15) is 4.39 Å². The molecule has 0 aliphatic heterocycles. The van der Waals surface area contributed by atoms with Gasteiger partial charge in [-0.2, -0.15) is 0 Å². The molecule has 1 atom stereocenters. The number of nitrogens with two attached hydrogens (primary N) is 1. The molecule has 0 amide bonds. The first-order chi connectivity index (χ1) is 9.70. The first kappa shape index (κ1) is 15.7. The molecule has 0 fully saturated rings. The monoisotopic (exact) mass is 285 g/mol. The van der Waals surface area contributed by atoms with Crippen molar-refractivity contribution < 1.29 is 4.39 Å². The standard InChI is InChI=1S/C19H24FN/c1-12-8-14(3)17(15(4)9-12)11-19(5,21)16-7-6-13(2)18(20)10-16/h6-10H,11,21H2,1-5H3. The molecule has 0 aromatic heterocycles. The smallest absolute Gasteiger partial charge is 0.126 e. The molecule has 0 saturated carbocycles. The molecule has 2 heteroatoms. The van der Waals surface area contributed by atoms with Crippen molar-refractivity contribution in [2.75, 3.05) is 0 Å². The summed E-state index contributed by atoms with van der Waals surface area (Å²) in [5.41, 5.74) is 12.4. The highest BCUT2D eigenvalue weighted by atomic mass is 19.1. The summed E-state index contributed by atoms with van der Waals surface area (Å²) in [5.74, 6) is -0.193. The second kappa shape index (κ2) is 5.61. The van der Waals surface area contributed by atoms with Crippen LogP contribution < -0.4 is 5.73 Å². The Morgan fingerprint density at radius 3 is 2.05 bits per heavy atom. The van der Waals surface area contributed by atoms with E-state index in [0.717, 1.165) is 5.56 Å². The summed E-state index contributed by atoms with van der Waals surface area (Å²) >= 11 is 0. The molecule has 0 aliphatic rings. The molecule has 1 nitrogen and oxygen atoms in total. The molecule has 0 bridgehead atoms. The van der Waals surface area contributed by atoms with Gasteiger partial charge in [-0.15, -0.1) is 0 Å². The lowest BCUT2D eigenvalue weighted by Gasteiger charge is -2.27. The number of halogens is 1. The largest absolute Gasteiger partial charge is 0.321 e. The lowest BCUT2D eigenvalue weighted by molar-refractivity contribution is 0.483. The zero-order chi connectivity index (χ0) is 15.8. The van der Waals surface area contributed by atoms with E-state index >= 15 is 0 Å². The molecular weight excluding hydrogens is 261 g/mol. The maximum Gasteiger partial charge on any atom is 0.126 e. The van der Waals surface area contributed by atoms with Gasteiger partial charge in [0.15, 0.2) is 0 Å². The van der Waals surface area contributed by atoms with Crippen LogP contribution in [0.25, 0.3) is 0 Å². The topological polar surface area (TPSA) is 26.0 Å². The molecule has 21 heavy (non-hydrogen) atoms. The molecule has 112 valence electrons. The third-order valence-corrected chi connectivity index (χ3v) is 4.22. The van der Waals surface area contributed by atoms with Crippen LogP contribution in [0.15, 0.2) is 30.3 Å². The van der Waals surface area contributed by atoms with Crippen molar-refractivity contribution in [1.82, 2.24) is 0 Å². The maximum atomic E-state index is 13.8. The van der Waals surface area contributed by atoms with Gasteiger partial charge in [-0.3, -0.25) is 0 Å². The minimum atomic E-state index is -0.584. The van der Waals surface area contributed by atoms with Gasteiger partial charge in [0, 0.05) is 5.54 Å². The lowest BCUT2D eigenvalue weighted by Crippen LogP contribution is -2.36. The highest BCUT2D eigenvalue weighted by Crippen LogP contribution is 2.28. The number of rotatable bonds is 3. The Balaban J connectivity index is 2.39. The van der Waals surface area contributed by atoms with Gasteiger partial charge in [-0.25, -0.2) is 4.39 Å². The summed E-state index contributed by atoms with van der Waals surface area (Å²) < 4.78 is 13.8. The molecule has 2 N–H and O–H groups in total. The van der Waals surface area contributed by atoms with E-state index in [-0.39, 0.29) is 5.82 Å². The molecule has 0 aliphatic carbocycles. The van der Waals surface area contributed by atoms with E-state index < -0.39 is 5.54 Å². The van der Waals surface area contributed by atoms with Gasteiger partial charge in [0.05, 0.1) is 0 Å². The van der Waals surface area contributed by atoms with Crippen molar-refractivity contribution in [1.29, 1.82) is 0 Å². The van der Waals surface area contributed by atoms with E-state index in [1.165, 1.54) is 22.3 Å². The predicted octanol–water partition coefficient (Wildman–Crippen LogP) is 4.48. The van der Waals surface area contributed by atoms with Crippen LogP contribution >= 0.6 is 0 Å². The van der Waals surface area contributed by atoms with Gasteiger partial charge in [0.1, 0.15) is 5.82 Å². The van der Waals surface area contributed by atoms with Crippen LogP contribution in [-0.4, -0.2) is 0 Å². The Labute approximate surface area is 127 Å². The normalized spacial score (nSPS) is 14.0. The van der Waals surface area contributed by atoms with Crippen LogP contribution in [0.2, 0.25) is 0 Å². The van der Waals surface area contributed by atoms with Crippen molar-refractivity contribution in [3.8, 4) is 0 Å². The van der Waals surface area contributed by atoms with Gasteiger partial charge < -0.3 is 5.73 Å². The van der Waals surface area contributed by atoms with E-state index in [4.69, 9.17) is 5.73 Å². The minimum Gasteiger partial charge on any atom is -0.321 e. The van der Waals surface area contributed by atoms with Gasteiger partial charge in [0.2, 0.25) is 0 Å². The fourth-order valence-electron chi connectivity index (χ4n) is 2.91. The second-order valence-electron chi connectivity index (χ2n) is 6.44. The van der Waals surface area contributed by atoms with Crippen molar-refractivity contribution in [3.05, 3.63) is 69.5 Å². The predicted molar refractivity (Wildman–Crippen MR) is 87.0 cm³/mol. The zero-order valence-corrected chi connectivity index (χ0v) is 13.5. The summed E-state index contributed by atoms with van der Waals surface area (Å²) in [6, 6.07) is 9.64. The van der Waals surface area contributed by atoms with Crippen LogP contribution in [0.4, 0.5) is 4.39 Å². The summed E-state index contributed by atoms with van der Waals surface area (Å²) in [4.78, 5) is 0. The van der Waals surface area contributed by atoms with Crippen LogP contribution in [0.3, 0.4) is 0 Å². The Morgan fingerprint density at radius 2 is 1.52 bits per heavy atom. The molecule has 1 unspecified atom stereocenters. The summed E-state index contributed by atoms with van der Waals surface area (Å²) in [6.07, 6.45) is 0.702. The Morgan fingerprint density at radius 1 is 0.952 bits per heavy atom. The minimum absolute atomic E-state index is 0.193. The van der Waals surface area contributed by atoms with Gasteiger partial charge in [-0.05, 0) is 74.9 Å². The van der Waals surface area contributed by atoms with E-state index in [1.54, 1.807) is 19.1 Å². The average molecular weight is 285 g/mol. The van der Waals surface area contributed by atoms with Crippen molar-refractivity contribution in [2.45, 2.75) is 46.6 Å². The van der Waals surface area contributed by atoms with Crippen molar-refractivity contribution in [3.63, 3.8) is 0 Å². The molecule has 0 spiro atoms. The molecule has 0 radical (unpaired) electrons. The van der Waals surface area contributed by atoms with Crippen molar-refractivity contribution >= 4 is 0 Å².